The lowest BCUT2D eigenvalue weighted by atomic mass is 10.1. The van der Waals surface area contributed by atoms with E-state index in [1.165, 1.54) is 103 Å². The second-order valence-electron chi connectivity index (χ2n) is 6.72. The third-order valence-electron chi connectivity index (χ3n) is 4.02. The van der Waals surface area contributed by atoms with Crippen LogP contribution in [0.4, 0.5) is 0 Å². The van der Waals surface area contributed by atoms with E-state index in [1.807, 2.05) is 0 Å². The number of aliphatic hydroxyl groups excluding tert-OH is 1. The van der Waals surface area contributed by atoms with E-state index < -0.39 is 0 Å². The van der Waals surface area contributed by atoms with Gasteiger partial charge in [-0.2, -0.15) is 0 Å². The molecule has 0 aromatic carbocycles. The minimum atomic E-state index is 0.362. The Hall–Kier alpha value is -0.300. The van der Waals surface area contributed by atoms with Gasteiger partial charge >= 0.3 is 0 Å². The Morgan fingerprint density at radius 1 is 0.591 bits per heavy atom. The van der Waals surface area contributed by atoms with Gasteiger partial charge in [0.2, 0.25) is 0 Å². The van der Waals surface area contributed by atoms with Crippen LogP contribution in [0, 0.1) is 0 Å². The molecule has 1 saturated carbocycles. The Balaban J connectivity index is 0.00000129. The average Bonchev–Trinajstić information content (AvgIpc) is 3.40. The van der Waals surface area contributed by atoms with E-state index in [1.54, 1.807) is 0 Å². The molecule has 1 N–H and O–H groups in total. The normalized spacial score (nSPS) is 13.2. The molecule has 1 nitrogen and oxygen atoms in total. The monoisotopic (exact) mass is 310 g/mol. The van der Waals surface area contributed by atoms with Crippen molar-refractivity contribution < 1.29 is 5.11 Å². The Morgan fingerprint density at radius 2 is 1.00 bits per heavy atom. The van der Waals surface area contributed by atoms with Crippen LogP contribution >= 0.6 is 0 Å². The van der Waals surface area contributed by atoms with Gasteiger partial charge in [0, 0.05) is 6.61 Å². The van der Waals surface area contributed by atoms with Gasteiger partial charge < -0.3 is 5.11 Å². The predicted molar refractivity (Wildman–Crippen MR) is 100 cm³/mol. The summed E-state index contributed by atoms with van der Waals surface area (Å²) in [7, 11) is 0. The molecule has 0 spiro atoms. The molecule has 0 radical (unpaired) electrons. The Kier molecular flexibility index (Phi) is 20.4. The molecule has 0 unspecified atom stereocenters. The maximum atomic E-state index is 8.66. The zero-order chi connectivity index (χ0) is 16.1. The van der Waals surface area contributed by atoms with Crippen molar-refractivity contribution in [2.24, 2.45) is 0 Å². The molecule has 1 aliphatic rings. The summed E-state index contributed by atoms with van der Waals surface area (Å²) in [5, 5.41) is 8.66. The summed E-state index contributed by atoms with van der Waals surface area (Å²) in [5.74, 6) is 0. The number of unbranched alkanes of at least 4 members (excludes halogenated alkanes) is 12. The highest BCUT2D eigenvalue weighted by Gasteiger charge is 1.95. The third-order valence-corrected chi connectivity index (χ3v) is 4.02. The van der Waals surface area contributed by atoms with Crippen LogP contribution in [-0.2, 0) is 0 Å². The van der Waals surface area contributed by atoms with E-state index in [2.05, 4.69) is 19.1 Å². The second kappa shape index (κ2) is 20.7. The summed E-state index contributed by atoms with van der Waals surface area (Å²) in [6.07, 6.45) is 27.7. The molecule has 0 amide bonds. The molecule has 0 bridgehead atoms. The summed E-state index contributed by atoms with van der Waals surface area (Å²) >= 11 is 0. The van der Waals surface area contributed by atoms with Gasteiger partial charge in [-0.25, -0.2) is 0 Å². The fourth-order valence-corrected chi connectivity index (χ4v) is 2.36. The van der Waals surface area contributed by atoms with Crippen molar-refractivity contribution >= 4 is 0 Å². The number of hydrogen-bond donors (Lipinski definition) is 1. The van der Waals surface area contributed by atoms with Crippen molar-refractivity contribution in [3.8, 4) is 0 Å². The van der Waals surface area contributed by atoms with Crippen LogP contribution in [0.2, 0.25) is 0 Å². The highest BCUT2D eigenvalue weighted by atomic mass is 16.2. The molecule has 1 aliphatic carbocycles. The molecular weight excluding hydrogens is 268 g/mol. The summed E-state index contributed by atoms with van der Waals surface area (Å²) in [5.41, 5.74) is 0. The van der Waals surface area contributed by atoms with Crippen molar-refractivity contribution in [3.63, 3.8) is 0 Å². The molecule has 0 saturated heterocycles. The van der Waals surface area contributed by atoms with Crippen molar-refractivity contribution in [1.29, 1.82) is 0 Å². The standard InChI is InChI=1S/C18H36O.C3H6/c1-2-3-4-5-6-7-8-9-10-11-12-13-14-15-16-17-18-19;1-2-3-1/h9-10,19H,2-8,11-18H2,1H3;1-3H2. The lowest BCUT2D eigenvalue weighted by molar-refractivity contribution is 0.282. The number of hydrogen-bond acceptors (Lipinski definition) is 1. The topological polar surface area (TPSA) is 20.2 Å². The van der Waals surface area contributed by atoms with Gasteiger partial charge in [-0.1, -0.05) is 96.1 Å². The number of allylic oxidation sites excluding steroid dienone is 2. The second-order valence-corrected chi connectivity index (χ2v) is 6.72. The zero-order valence-corrected chi connectivity index (χ0v) is 15.3. The summed E-state index contributed by atoms with van der Waals surface area (Å²) in [6.45, 7) is 2.64. The van der Waals surface area contributed by atoms with E-state index in [-0.39, 0.29) is 0 Å². The zero-order valence-electron chi connectivity index (χ0n) is 15.3. The first-order chi connectivity index (χ1) is 10.9. The smallest absolute Gasteiger partial charge is 0.0431 e. The molecule has 0 aliphatic heterocycles. The molecule has 1 heteroatoms. The molecule has 0 heterocycles. The SMILES string of the molecule is C1CC1.CCCCCCCCC=CCCCCCCCCO. The van der Waals surface area contributed by atoms with E-state index in [9.17, 15) is 0 Å². The highest BCUT2D eigenvalue weighted by molar-refractivity contribution is 4.81. The fourth-order valence-electron chi connectivity index (χ4n) is 2.36. The van der Waals surface area contributed by atoms with E-state index >= 15 is 0 Å². The molecular formula is C21H42O. The number of rotatable bonds is 15. The summed E-state index contributed by atoms with van der Waals surface area (Å²) in [4.78, 5) is 0. The first-order valence-electron chi connectivity index (χ1n) is 10.2. The van der Waals surface area contributed by atoms with Crippen LogP contribution in [-0.4, -0.2) is 11.7 Å². The molecule has 0 aromatic rings. The average molecular weight is 311 g/mol. The van der Waals surface area contributed by atoms with Gasteiger partial charge in [0.1, 0.15) is 0 Å². The fraction of sp³-hybridized carbons (Fsp3) is 0.905. The van der Waals surface area contributed by atoms with Crippen LogP contribution in [0.3, 0.4) is 0 Å². The van der Waals surface area contributed by atoms with Crippen LogP contribution in [0.5, 0.6) is 0 Å². The first-order valence-corrected chi connectivity index (χ1v) is 10.2. The lowest BCUT2D eigenvalue weighted by Crippen LogP contribution is -1.83. The Morgan fingerprint density at radius 3 is 1.41 bits per heavy atom. The van der Waals surface area contributed by atoms with Gasteiger partial charge in [-0.05, 0) is 32.1 Å². The Labute approximate surface area is 140 Å². The molecule has 0 atom stereocenters. The minimum absolute atomic E-state index is 0.362. The van der Waals surface area contributed by atoms with Crippen molar-refractivity contribution in [2.75, 3.05) is 6.61 Å². The Bertz CT molecular complexity index is 205. The van der Waals surface area contributed by atoms with E-state index in [0.717, 1.165) is 6.42 Å². The molecule has 0 aromatic heterocycles. The van der Waals surface area contributed by atoms with Crippen LogP contribution in [0.25, 0.3) is 0 Å². The van der Waals surface area contributed by atoms with Crippen LogP contribution < -0.4 is 0 Å². The lowest BCUT2D eigenvalue weighted by Gasteiger charge is -1.99. The van der Waals surface area contributed by atoms with Crippen LogP contribution in [0.15, 0.2) is 12.2 Å². The molecule has 132 valence electrons. The van der Waals surface area contributed by atoms with E-state index in [0.29, 0.717) is 6.61 Å². The maximum Gasteiger partial charge on any atom is 0.0431 e. The first kappa shape index (κ1) is 21.7. The number of aliphatic hydroxyl groups is 1. The molecule has 1 rings (SSSR count). The van der Waals surface area contributed by atoms with Gasteiger partial charge in [0.05, 0.1) is 0 Å². The third kappa shape index (κ3) is 24.7. The molecule has 22 heavy (non-hydrogen) atoms. The maximum absolute atomic E-state index is 8.66. The quantitative estimate of drug-likeness (QED) is 0.251. The predicted octanol–water partition coefficient (Wildman–Crippen LogP) is 7.19. The van der Waals surface area contributed by atoms with Crippen LogP contribution in [0.1, 0.15) is 116 Å². The van der Waals surface area contributed by atoms with Crippen molar-refractivity contribution in [3.05, 3.63) is 12.2 Å². The summed E-state index contributed by atoms with van der Waals surface area (Å²) in [6, 6.07) is 0. The minimum Gasteiger partial charge on any atom is -0.396 e. The van der Waals surface area contributed by atoms with Crippen molar-refractivity contribution in [1.82, 2.24) is 0 Å². The van der Waals surface area contributed by atoms with Gasteiger partial charge in [0.15, 0.2) is 0 Å². The van der Waals surface area contributed by atoms with Gasteiger partial charge in [0.25, 0.3) is 0 Å². The van der Waals surface area contributed by atoms with Gasteiger partial charge in [-0.15, -0.1) is 0 Å². The summed E-state index contributed by atoms with van der Waals surface area (Å²) < 4.78 is 0. The molecule has 1 fully saturated rings. The van der Waals surface area contributed by atoms with Gasteiger partial charge in [-0.3, -0.25) is 0 Å². The highest BCUT2D eigenvalue weighted by Crippen LogP contribution is 2.15. The van der Waals surface area contributed by atoms with Crippen molar-refractivity contribution in [2.45, 2.75) is 116 Å². The van der Waals surface area contributed by atoms with E-state index in [4.69, 9.17) is 5.11 Å². The largest absolute Gasteiger partial charge is 0.396 e.